The molecule has 5 heterocycles. The molecular weight excluding hydrogens is 401 g/mol. The van der Waals surface area contributed by atoms with E-state index in [0.717, 1.165) is 17.8 Å². The Labute approximate surface area is 180 Å². The number of hydrogen-bond acceptors (Lipinski definition) is 6. The van der Waals surface area contributed by atoms with Gasteiger partial charge in [-0.3, -0.25) is 4.79 Å². The highest BCUT2D eigenvalue weighted by Gasteiger charge is 2.33. The molecule has 31 heavy (non-hydrogen) atoms. The number of nitrogens with zero attached hydrogens (tertiary/aromatic N) is 2. The van der Waals surface area contributed by atoms with E-state index in [1.807, 2.05) is 12.3 Å². The van der Waals surface area contributed by atoms with Crippen LogP contribution in [0.1, 0.15) is 41.9 Å². The molecule has 0 bridgehead atoms. The van der Waals surface area contributed by atoms with Crippen LogP contribution in [0, 0.1) is 11.7 Å². The van der Waals surface area contributed by atoms with Crippen molar-refractivity contribution in [2.45, 2.75) is 58.2 Å². The Hall–Kier alpha value is -2.49. The van der Waals surface area contributed by atoms with Crippen molar-refractivity contribution in [3.8, 4) is 11.3 Å². The first-order valence-corrected chi connectivity index (χ1v) is 10.8. The molecule has 0 radical (unpaired) electrons. The number of aromatic nitrogens is 2. The fourth-order valence-electron chi connectivity index (χ4n) is 4.52. The summed E-state index contributed by atoms with van der Waals surface area (Å²) in [6, 6.07) is 1.58. The highest BCUT2D eigenvalue weighted by atomic mass is 19.1. The van der Waals surface area contributed by atoms with Gasteiger partial charge in [0.1, 0.15) is 0 Å². The largest absolute Gasteiger partial charge is 0.380 e. The summed E-state index contributed by atoms with van der Waals surface area (Å²) in [6.45, 7) is 6.64. The number of carbonyl (C=O) groups is 1. The quantitative estimate of drug-likeness (QED) is 0.687. The Morgan fingerprint density at radius 2 is 2.26 bits per heavy atom. The summed E-state index contributed by atoms with van der Waals surface area (Å²) in [4.78, 5) is 17.1. The Bertz CT molecular complexity index is 1020. The van der Waals surface area contributed by atoms with E-state index in [2.05, 4.69) is 34.0 Å². The highest BCUT2D eigenvalue weighted by Crippen LogP contribution is 2.35. The lowest BCUT2D eigenvalue weighted by Gasteiger charge is -2.30. The third kappa shape index (κ3) is 3.60. The Kier molecular flexibility index (Phi) is 5.19. The van der Waals surface area contributed by atoms with Gasteiger partial charge in [-0.05, 0) is 18.4 Å². The van der Waals surface area contributed by atoms with Crippen molar-refractivity contribution in [3.63, 3.8) is 0 Å². The van der Waals surface area contributed by atoms with Crippen LogP contribution in [0.2, 0.25) is 0 Å². The molecule has 0 aromatic carbocycles. The molecule has 0 aliphatic carbocycles. The summed E-state index contributed by atoms with van der Waals surface area (Å²) < 4.78 is 28.8. The molecule has 0 spiro atoms. The van der Waals surface area contributed by atoms with Gasteiger partial charge in [0.15, 0.2) is 11.6 Å². The lowest BCUT2D eigenvalue weighted by Crippen LogP contribution is -2.48. The summed E-state index contributed by atoms with van der Waals surface area (Å²) in [7, 11) is 0. The van der Waals surface area contributed by atoms with Gasteiger partial charge in [-0.25, -0.2) is 9.37 Å². The van der Waals surface area contributed by atoms with E-state index < -0.39 is 5.82 Å². The second-order valence-corrected chi connectivity index (χ2v) is 8.90. The molecule has 9 heteroatoms. The zero-order valence-corrected chi connectivity index (χ0v) is 17.8. The zero-order valence-electron chi connectivity index (χ0n) is 17.8. The molecule has 166 valence electrons. The maximum Gasteiger partial charge on any atom is 0.254 e. The number of nitrogens with one attached hydrogen (secondary N) is 2. The number of nitrogens with two attached hydrogens (primary N) is 1. The fraction of sp³-hybridized carbons (Fsp3) is 0.545. The smallest absolute Gasteiger partial charge is 0.254 e. The summed E-state index contributed by atoms with van der Waals surface area (Å²) in [6.07, 6.45) is 2.79. The number of halogens is 1. The maximum absolute atomic E-state index is 15.3. The molecule has 5 rings (SSSR count). The van der Waals surface area contributed by atoms with Crippen LogP contribution >= 0.6 is 0 Å². The molecular formula is C22H28FN5O3. The van der Waals surface area contributed by atoms with E-state index >= 15 is 4.39 Å². The van der Waals surface area contributed by atoms with Gasteiger partial charge in [0.05, 0.1) is 30.6 Å². The predicted octanol–water partition coefficient (Wildman–Crippen LogP) is 2.02. The zero-order chi connectivity index (χ0) is 21.7. The van der Waals surface area contributed by atoms with E-state index in [9.17, 15) is 4.79 Å². The molecule has 1 unspecified atom stereocenters. The van der Waals surface area contributed by atoms with Gasteiger partial charge in [0.2, 0.25) is 0 Å². The van der Waals surface area contributed by atoms with Crippen molar-refractivity contribution in [1.29, 1.82) is 0 Å². The van der Waals surface area contributed by atoms with Gasteiger partial charge in [-0.1, -0.05) is 13.8 Å². The molecule has 1 fully saturated rings. The van der Waals surface area contributed by atoms with Crippen LogP contribution in [0.15, 0.2) is 12.3 Å². The topological polar surface area (TPSA) is 103 Å². The van der Waals surface area contributed by atoms with Gasteiger partial charge < -0.3 is 30.4 Å². The van der Waals surface area contributed by atoms with Gasteiger partial charge in [0, 0.05) is 54.8 Å². The van der Waals surface area contributed by atoms with E-state index in [4.69, 9.17) is 15.2 Å². The number of carbonyl (C=O) groups excluding carboxylic acids is 1. The standard InChI is InChI=1S/C22H28FN5O3/c1-11(2)17-8-28-7-12(5-13(28)9-31-17)20-18-14(6-25-22(18)29)19(23)21(27-20)26-16-3-4-30-10-15(16)24/h5,7,11,15-17H,3-4,6,8-10,24H2,1-2H3,(H,25,29)(H,26,27)/t15-,16+,17?/m0/s1. The van der Waals surface area contributed by atoms with Crippen LogP contribution in [0.4, 0.5) is 10.2 Å². The van der Waals surface area contributed by atoms with Crippen molar-refractivity contribution in [1.82, 2.24) is 14.9 Å². The molecule has 2 aromatic rings. The molecule has 1 saturated heterocycles. The van der Waals surface area contributed by atoms with E-state index in [0.29, 0.717) is 49.0 Å². The van der Waals surface area contributed by atoms with Crippen molar-refractivity contribution in [2.24, 2.45) is 11.7 Å². The monoisotopic (exact) mass is 429 g/mol. The normalized spacial score (nSPS) is 25.3. The highest BCUT2D eigenvalue weighted by molar-refractivity contribution is 6.04. The van der Waals surface area contributed by atoms with Crippen LogP contribution in [-0.2, 0) is 29.2 Å². The number of hydrogen-bond donors (Lipinski definition) is 3. The van der Waals surface area contributed by atoms with Gasteiger partial charge in [-0.15, -0.1) is 0 Å². The molecule has 2 aromatic heterocycles. The first-order valence-electron chi connectivity index (χ1n) is 10.8. The third-order valence-corrected chi connectivity index (χ3v) is 6.44. The molecule has 8 nitrogen and oxygen atoms in total. The molecule has 0 saturated carbocycles. The molecule has 4 N–H and O–H groups in total. The molecule has 3 aliphatic rings. The van der Waals surface area contributed by atoms with Gasteiger partial charge in [-0.2, -0.15) is 0 Å². The van der Waals surface area contributed by atoms with Gasteiger partial charge in [0.25, 0.3) is 5.91 Å². The lowest BCUT2D eigenvalue weighted by molar-refractivity contribution is -0.0226. The van der Waals surface area contributed by atoms with E-state index in [-0.39, 0.29) is 36.5 Å². The number of amides is 1. The second-order valence-electron chi connectivity index (χ2n) is 8.90. The predicted molar refractivity (Wildman–Crippen MR) is 113 cm³/mol. The van der Waals surface area contributed by atoms with Crippen LogP contribution in [0.3, 0.4) is 0 Å². The number of pyridine rings is 1. The van der Waals surface area contributed by atoms with Crippen molar-refractivity contribution in [3.05, 3.63) is 34.9 Å². The third-order valence-electron chi connectivity index (χ3n) is 6.44. The van der Waals surface area contributed by atoms with Crippen LogP contribution in [-0.4, -0.2) is 46.9 Å². The minimum absolute atomic E-state index is 0.132. The summed E-state index contributed by atoms with van der Waals surface area (Å²) in [5.41, 5.74) is 9.09. The molecule has 3 aliphatic heterocycles. The van der Waals surface area contributed by atoms with Crippen LogP contribution in [0.5, 0.6) is 0 Å². The average molecular weight is 429 g/mol. The van der Waals surface area contributed by atoms with Crippen molar-refractivity contribution >= 4 is 11.7 Å². The SMILES string of the molecule is CC(C)C1Cn2cc(-c3nc(N[C@@H]4CCOC[C@@H]4N)c(F)c4c3C(=O)NC4)cc2CO1. The number of ether oxygens (including phenoxy) is 2. The molecule has 3 atom stereocenters. The van der Waals surface area contributed by atoms with E-state index in [1.165, 1.54) is 0 Å². The summed E-state index contributed by atoms with van der Waals surface area (Å²) in [5, 5.41) is 5.91. The number of fused-ring (bicyclic) bond motifs is 2. The van der Waals surface area contributed by atoms with Crippen molar-refractivity contribution < 1.29 is 18.7 Å². The minimum atomic E-state index is -0.497. The molecule has 1 amide bonds. The van der Waals surface area contributed by atoms with E-state index in [1.54, 1.807) is 0 Å². The fourth-order valence-corrected chi connectivity index (χ4v) is 4.52. The van der Waals surface area contributed by atoms with Crippen LogP contribution < -0.4 is 16.4 Å². The maximum atomic E-state index is 15.3. The van der Waals surface area contributed by atoms with Gasteiger partial charge >= 0.3 is 0 Å². The number of anilines is 1. The Morgan fingerprint density at radius 1 is 1.42 bits per heavy atom. The van der Waals surface area contributed by atoms with Crippen LogP contribution in [0.25, 0.3) is 11.3 Å². The summed E-state index contributed by atoms with van der Waals surface area (Å²) in [5.74, 6) is -0.264. The minimum Gasteiger partial charge on any atom is -0.380 e. The first kappa shape index (κ1) is 20.4. The number of rotatable bonds is 4. The van der Waals surface area contributed by atoms with Crippen molar-refractivity contribution in [2.75, 3.05) is 18.5 Å². The Morgan fingerprint density at radius 3 is 3.03 bits per heavy atom. The lowest BCUT2D eigenvalue weighted by atomic mass is 10.0. The Balaban J connectivity index is 1.54. The summed E-state index contributed by atoms with van der Waals surface area (Å²) >= 11 is 0. The first-order chi connectivity index (χ1) is 14.9. The second kappa shape index (κ2) is 7.89. The average Bonchev–Trinajstić information content (AvgIpc) is 3.35.